The van der Waals surface area contributed by atoms with Crippen LogP contribution in [0.15, 0.2) is 48.7 Å². The molecule has 2 N–H and O–H groups in total. The van der Waals surface area contributed by atoms with Crippen LogP contribution in [0, 0.1) is 5.92 Å². The third kappa shape index (κ3) is 6.52. The van der Waals surface area contributed by atoms with Crippen LogP contribution in [0.4, 0.5) is 0 Å². The summed E-state index contributed by atoms with van der Waals surface area (Å²) in [6.45, 7) is 12.6. The van der Waals surface area contributed by atoms with E-state index < -0.39 is 24.0 Å². The maximum Gasteiger partial charge on any atom is 0.323 e. The Morgan fingerprint density at radius 1 is 1.37 bits per heavy atom. The Kier molecular flexibility index (Phi) is 9.91. The maximum atomic E-state index is 12.9. The molecule has 0 aliphatic carbocycles. The van der Waals surface area contributed by atoms with Gasteiger partial charge in [-0.15, -0.1) is 0 Å². The molecular weight excluding hydrogens is 386 g/mol. The van der Waals surface area contributed by atoms with Gasteiger partial charge in [0.2, 0.25) is 12.3 Å². The Hall–Kier alpha value is -3.00. The normalized spacial score (nSPS) is 18.5. The lowest BCUT2D eigenvalue weighted by atomic mass is 10.0. The summed E-state index contributed by atoms with van der Waals surface area (Å²) in [6, 6.07) is -1.63. The Balaban J connectivity index is 2.85. The van der Waals surface area contributed by atoms with E-state index in [9.17, 15) is 19.2 Å². The number of esters is 1. The number of nitrogens with two attached hydrogens (primary N) is 1. The van der Waals surface area contributed by atoms with E-state index in [0.717, 1.165) is 4.90 Å². The number of carbonyl (C=O) groups excluding carboxylic acids is 4. The van der Waals surface area contributed by atoms with Crippen molar-refractivity contribution in [3.8, 4) is 0 Å². The van der Waals surface area contributed by atoms with Crippen molar-refractivity contribution in [2.24, 2.45) is 11.7 Å². The number of amides is 3. The maximum absolute atomic E-state index is 12.9. The number of nitrogens with zero attached hydrogens (tertiary/aromatic N) is 2. The van der Waals surface area contributed by atoms with Gasteiger partial charge in [-0.1, -0.05) is 51.3 Å². The molecule has 0 aromatic heterocycles. The first kappa shape index (κ1) is 25.0. The van der Waals surface area contributed by atoms with Crippen LogP contribution in [0.25, 0.3) is 0 Å². The minimum absolute atomic E-state index is 0.0899. The molecular formula is C22H31N3O5. The minimum Gasteiger partial charge on any atom is -0.463 e. The van der Waals surface area contributed by atoms with Crippen LogP contribution >= 0.6 is 0 Å². The minimum atomic E-state index is -0.854. The van der Waals surface area contributed by atoms with Gasteiger partial charge in [-0.3, -0.25) is 24.1 Å². The molecule has 0 bridgehead atoms. The van der Waals surface area contributed by atoms with Crippen molar-refractivity contribution in [2.45, 2.75) is 45.7 Å². The molecule has 2 atom stereocenters. The van der Waals surface area contributed by atoms with Crippen molar-refractivity contribution in [3.63, 3.8) is 0 Å². The highest BCUT2D eigenvalue weighted by molar-refractivity contribution is 6.01. The average molecular weight is 418 g/mol. The van der Waals surface area contributed by atoms with Crippen molar-refractivity contribution >= 4 is 24.2 Å². The molecule has 1 fully saturated rings. The Labute approximate surface area is 177 Å². The second-order valence-corrected chi connectivity index (χ2v) is 7.31. The molecule has 8 nitrogen and oxygen atoms in total. The summed E-state index contributed by atoms with van der Waals surface area (Å²) in [6.07, 6.45) is 7.64. The molecule has 0 aromatic rings. The number of rotatable bonds is 11. The Morgan fingerprint density at radius 2 is 2.03 bits per heavy atom. The molecule has 1 rings (SSSR count). The Morgan fingerprint density at radius 3 is 2.60 bits per heavy atom. The standard InChI is InChI=1S/C22H31N3O5/c1-6-7-8-9-16(4)17(5)25(14-26)18-10-11-19(27)24(21(18)28)12-13-30-22(29)20(23)15(2)3/h6-9,14-15,18,20H,1,5,10-13,23H2,2-4H3/b8-7-,16-9+/t18?,20-/m0/s1. The van der Waals surface area contributed by atoms with Crippen molar-refractivity contribution < 1.29 is 23.9 Å². The molecule has 1 heterocycles. The molecule has 8 heteroatoms. The molecule has 1 unspecified atom stereocenters. The molecule has 0 aromatic carbocycles. The van der Waals surface area contributed by atoms with Gasteiger partial charge in [0.1, 0.15) is 18.7 Å². The number of hydrogen-bond acceptors (Lipinski definition) is 6. The molecule has 1 aliphatic rings. The first-order valence-electron chi connectivity index (χ1n) is 9.81. The lowest BCUT2D eigenvalue weighted by Crippen LogP contribution is -2.54. The third-order valence-electron chi connectivity index (χ3n) is 4.84. The van der Waals surface area contributed by atoms with Gasteiger partial charge < -0.3 is 15.4 Å². The zero-order chi connectivity index (χ0) is 22.8. The predicted octanol–water partition coefficient (Wildman–Crippen LogP) is 1.69. The fourth-order valence-corrected chi connectivity index (χ4v) is 2.82. The molecule has 0 saturated carbocycles. The summed E-state index contributed by atoms with van der Waals surface area (Å²) in [5.74, 6) is -1.59. The topological polar surface area (TPSA) is 110 Å². The molecule has 1 saturated heterocycles. The van der Waals surface area contributed by atoms with Crippen molar-refractivity contribution in [3.05, 3.63) is 48.7 Å². The summed E-state index contributed by atoms with van der Waals surface area (Å²) in [5.41, 5.74) is 6.78. The lowest BCUT2D eigenvalue weighted by Gasteiger charge is -2.36. The molecule has 0 radical (unpaired) electrons. The summed E-state index contributed by atoms with van der Waals surface area (Å²) in [5, 5.41) is 0. The second kappa shape index (κ2) is 11.9. The zero-order valence-corrected chi connectivity index (χ0v) is 17.9. The van der Waals surface area contributed by atoms with Gasteiger partial charge >= 0.3 is 5.97 Å². The van der Waals surface area contributed by atoms with Crippen LogP contribution < -0.4 is 5.73 Å². The van der Waals surface area contributed by atoms with Gasteiger partial charge in [0.15, 0.2) is 0 Å². The average Bonchev–Trinajstić information content (AvgIpc) is 2.71. The fraction of sp³-hybridized carbons (Fsp3) is 0.455. The predicted molar refractivity (Wildman–Crippen MR) is 114 cm³/mol. The van der Waals surface area contributed by atoms with Crippen molar-refractivity contribution in [1.29, 1.82) is 0 Å². The highest BCUT2D eigenvalue weighted by atomic mass is 16.5. The van der Waals surface area contributed by atoms with E-state index in [1.807, 2.05) is 0 Å². The van der Waals surface area contributed by atoms with Gasteiger partial charge in [-0.25, -0.2) is 0 Å². The smallest absolute Gasteiger partial charge is 0.323 e. The van der Waals surface area contributed by atoms with Crippen LogP contribution in [0.3, 0.4) is 0 Å². The van der Waals surface area contributed by atoms with Gasteiger partial charge in [0.05, 0.1) is 6.54 Å². The fourth-order valence-electron chi connectivity index (χ4n) is 2.82. The molecule has 0 spiro atoms. The summed E-state index contributed by atoms with van der Waals surface area (Å²) in [4.78, 5) is 51.0. The van der Waals surface area contributed by atoms with Crippen molar-refractivity contribution in [2.75, 3.05) is 13.2 Å². The quantitative estimate of drug-likeness (QED) is 0.237. The molecule has 1 aliphatic heterocycles. The molecule has 3 amide bonds. The van der Waals surface area contributed by atoms with E-state index in [-0.39, 0.29) is 37.8 Å². The number of ether oxygens (including phenoxy) is 1. The number of carbonyl (C=O) groups is 4. The first-order valence-corrected chi connectivity index (χ1v) is 9.81. The van der Waals surface area contributed by atoms with Crippen LogP contribution in [0.1, 0.15) is 33.6 Å². The zero-order valence-electron chi connectivity index (χ0n) is 17.9. The summed E-state index contributed by atoms with van der Waals surface area (Å²) >= 11 is 0. The van der Waals surface area contributed by atoms with E-state index in [4.69, 9.17) is 10.5 Å². The van der Waals surface area contributed by atoms with Crippen LogP contribution in [-0.4, -0.2) is 59.2 Å². The lowest BCUT2D eigenvalue weighted by molar-refractivity contribution is -0.157. The third-order valence-corrected chi connectivity index (χ3v) is 4.84. The molecule has 164 valence electrons. The number of allylic oxidation sites excluding steroid dienone is 5. The summed E-state index contributed by atoms with van der Waals surface area (Å²) in [7, 11) is 0. The van der Waals surface area contributed by atoms with E-state index in [1.54, 1.807) is 45.1 Å². The second-order valence-electron chi connectivity index (χ2n) is 7.31. The van der Waals surface area contributed by atoms with E-state index in [0.29, 0.717) is 17.7 Å². The monoisotopic (exact) mass is 417 g/mol. The SMILES string of the molecule is C=C/C=C\C=C(/C)C(=C)N(C=O)C1CCC(=O)N(CCOC(=O)[C@@H](N)C(C)C)C1=O. The highest BCUT2D eigenvalue weighted by Crippen LogP contribution is 2.23. The van der Waals surface area contributed by atoms with Crippen LogP contribution in [0.5, 0.6) is 0 Å². The largest absolute Gasteiger partial charge is 0.463 e. The van der Waals surface area contributed by atoms with E-state index in [2.05, 4.69) is 13.2 Å². The number of imide groups is 1. The molecule has 30 heavy (non-hydrogen) atoms. The highest BCUT2D eigenvalue weighted by Gasteiger charge is 2.38. The summed E-state index contributed by atoms with van der Waals surface area (Å²) < 4.78 is 5.09. The first-order chi connectivity index (χ1) is 14.1. The Bertz CT molecular complexity index is 754. The van der Waals surface area contributed by atoms with E-state index >= 15 is 0 Å². The van der Waals surface area contributed by atoms with Gasteiger partial charge in [-0.2, -0.15) is 0 Å². The van der Waals surface area contributed by atoms with Gasteiger partial charge in [0, 0.05) is 12.1 Å². The van der Waals surface area contributed by atoms with Gasteiger partial charge in [0.25, 0.3) is 5.91 Å². The van der Waals surface area contributed by atoms with E-state index in [1.165, 1.54) is 4.90 Å². The number of likely N-dealkylation sites (tertiary alicyclic amines) is 1. The number of hydrogen-bond donors (Lipinski definition) is 1. The van der Waals surface area contributed by atoms with Crippen molar-refractivity contribution in [1.82, 2.24) is 9.80 Å². The number of piperidine rings is 1. The van der Waals surface area contributed by atoms with Crippen LogP contribution in [-0.2, 0) is 23.9 Å². The van der Waals surface area contributed by atoms with Crippen LogP contribution in [0.2, 0.25) is 0 Å². The van der Waals surface area contributed by atoms with Gasteiger partial charge in [-0.05, 0) is 24.8 Å².